The summed E-state index contributed by atoms with van der Waals surface area (Å²) in [7, 11) is 4.51. The molecule has 2 amide bonds. The van der Waals surface area contributed by atoms with Gasteiger partial charge in [0.2, 0.25) is 11.7 Å². The van der Waals surface area contributed by atoms with E-state index in [2.05, 4.69) is 5.43 Å². The Labute approximate surface area is 213 Å². The minimum absolute atomic E-state index is 0.321. The number of amides is 2. The number of aliphatic hydroxyl groups is 1. The molecule has 4 unspecified atom stereocenters. The number of carbonyl (C=O) groups is 2. The van der Waals surface area contributed by atoms with Crippen LogP contribution in [0.3, 0.4) is 0 Å². The minimum Gasteiger partial charge on any atom is -0.493 e. The summed E-state index contributed by atoms with van der Waals surface area (Å²) in [6, 6.07) is 13.8. The van der Waals surface area contributed by atoms with E-state index < -0.39 is 30.0 Å². The van der Waals surface area contributed by atoms with Gasteiger partial charge in [-0.05, 0) is 24.3 Å². The first-order valence-electron chi connectivity index (χ1n) is 11.7. The van der Waals surface area contributed by atoms with E-state index in [4.69, 9.17) is 18.6 Å². The van der Waals surface area contributed by atoms with Gasteiger partial charge in [0.1, 0.15) is 17.9 Å². The SMILES string of the molecule is COc1cc(NN2C(C(O)c3ccco3)C=CC3C(=O)N(c4ccccc4)C(=O)C32)cc(OC)c1OC. The van der Waals surface area contributed by atoms with Crippen LogP contribution in [0.4, 0.5) is 11.4 Å². The van der Waals surface area contributed by atoms with E-state index >= 15 is 0 Å². The minimum atomic E-state index is -1.13. The molecule has 0 bridgehead atoms. The third kappa shape index (κ3) is 4.20. The van der Waals surface area contributed by atoms with Crippen molar-refractivity contribution >= 4 is 23.2 Å². The molecule has 0 radical (unpaired) electrons. The standard InChI is InChI=1S/C27H27N3O7/c1-34-21-14-16(15-22(35-2)25(21)36-3)28-30-19(24(31)20-10-7-13-37-20)12-11-18-23(30)27(33)29(26(18)32)17-8-5-4-6-9-17/h4-15,18-19,23-24,28,31H,1-3H3. The van der Waals surface area contributed by atoms with Gasteiger partial charge in [0.05, 0.1) is 50.9 Å². The molecule has 2 N–H and O–H groups in total. The second-order valence-corrected chi connectivity index (χ2v) is 8.59. The van der Waals surface area contributed by atoms with Crippen molar-refractivity contribution in [1.82, 2.24) is 5.01 Å². The second-order valence-electron chi connectivity index (χ2n) is 8.59. The lowest BCUT2D eigenvalue weighted by Crippen LogP contribution is -2.55. The molecule has 2 aliphatic heterocycles. The Kier molecular flexibility index (Phi) is 6.60. The van der Waals surface area contributed by atoms with Crippen molar-refractivity contribution < 1.29 is 33.3 Å². The van der Waals surface area contributed by atoms with Crippen LogP contribution in [0.25, 0.3) is 0 Å². The molecule has 2 aromatic carbocycles. The molecule has 0 aliphatic carbocycles. The Bertz CT molecular complexity index is 1280. The van der Waals surface area contributed by atoms with Crippen LogP contribution in [0.1, 0.15) is 11.9 Å². The molecule has 4 atom stereocenters. The monoisotopic (exact) mass is 505 g/mol. The van der Waals surface area contributed by atoms with Crippen LogP contribution in [-0.2, 0) is 9.59 Å². The van der Waals surface area contributed by atoms with Gasteiger partial charge < -0.3 is 29.2 Å². The van der Waals surface area contributed by atoms with E-state index in [1.807, 2.05) is 6.07 Å². The van der Waals surface area contributed by atoms with Crippen molar-refractivity contribution in [2.24, 2.45) is 5.92 Å². The number of hydrazine groups is 1. The van der Waals surface area contributed by atoms with Gasteiger partial charge in [-0.2, -0.15) is 0 Å². The number of rotatable bonds is 8. The highest BCUT2D eigenvalue weighted by molar-refractivity contribution is 6.24. The number of ether oxygens (including phenoxy) is 3. The second kappa shape index (κ2) is 10.00. The van der Waals surface area contributed by atoms with Gasteiger partial charge in [-0.3, -0.25) is 9.59 Å². The molecule has 0 spiro atoms. The number of anilines is 2. The Morgan fingerprint density at radius 3 is 2.22 bits per heavy atom. The van der Waals surface area contributed by atoms with Crippen LogP contribution in [0.15, 0.2) is 77.4 Å². The number of hydrogen-bond acceptors (Lipinski definition) is 9. The van der Waals surface area contributed by atoms with E-state index in [0.717, 1.165) is 0 Å². The summed E-state index contributed by atoms with van der Waals surface area (Å²) in [4.78, 5) is 28.4. The van der Waals surface area contributed by atoms with Gasteiger partial charge in [0, 0.05) is 12.1 Å². The van der Waals surface area contributed by atoms with Crippen molar-refractivity contribution in [2.75, 3.05) is 31.7 Å². The van der Waals surface area contributed by atoms with Crippen molar-refractivity contribution in [1.29, 1.82) is 0 Å². The lowest BCUT2D eigenvalue weighted by atomic mass is 9.92. The predicted molar refractivity (Wildman–Crippen MR) is 134 cm³/mol. The van der Waals surface area contributed by atoms with Gasteiger partial charge in [-0.25, -0.2) is 9.91 Å². The molecule has 192 valence electrons. The van der Waals surface area contributed by atoms with Crippen LogP contribution in [-0.4, -0.2) is 55.3 Å². The number of furan rings is 1. The number of fused-ring (bicyclic) bond motifs is 1. The average molecular weight is 506 g/mol. The molecule has 3 aromatic rings. The third-order valence-electron chi connectivity index (χ3n) is 6.55. The van der Waals surface area contributed by atoms with E-state index in [1.165, 1.54) is 32.5 Å². The summed E-state index contributed by atoms with van der Waals surface area (Å²) in [5.41, 5.74) is 4.22. The van der Waals surface area contributed by atoms with E-state index in [1.54, 1.807) is 65.7 Å². The Morgan fingerprint density at radius 2 is 1.62 bits per heavy atom. The van der Waals surface area contributed by atoms with Gasteiger partial charge in [0.25, 0.3) is 5.91 Å². The number of carbonyl (C=O) groups excluding carboxylic acids is 2. The van der Waals surface area contributed by atoms with Gasteiger partial charge >= 0.3 is 0 Å². The maximum absolute atomic E-state index is 13.8. The number of hydrogen-bond donors (Lipinski definition) is 2. The van der Waals surface area contributed by atoms with Crippen LogP contribution in [0, 0.1) is 5.92 Å². The lowest BCUT2D eigenvalue weighted by Gasteiger charge is -2.40. The number of para-hydroxylation sites is 1. The molecule has 2 aliphatic rings. The normalized spacial score (nSPS) is 22.1. The molecule has 0 saturated carbocycles. The van der Waals surface area contributed by atoms with Crippen LogP contribution < -0.4 is 24.5 Å². The Balaban J connectivity index is 1.57. The Hall–Kier alpha value is -4.28. The quantitative estimate of drug-likeness (QED) is 0.352. The highest BCUT2D eigenvalue weighted by Crippen LogP contribution is 2.42. The van der Waals surface area contributed by atoms with Crippen molar-refractivity contribution in [2.45, 2.75) is 18.2 Å². The average Bonchev–Trinajstić information content (AvgIpc) is 3.55. The number of nitrogens with zero attached hydrogens (tertiary/aromatic N) is 2. The zero-order valence-electron chi connectivity index (χ0n) is 20.5. The number of methoxy groups -OCH3 is 3. The first-order chi connectivity index (χ1) is 18.0. The van der Waals surface area contributed by atoms with Crippen LogP contribution >= 0.6 is 0 Å². The van der Waals surface area contributed by atoms with Crippen molar-refractivity contribution in [3.63, 3.8) is 0 Å². The molecule has 5 rings (SSSR count). The van der Waals surface area contributed by atoms with Crippen molar-refractivity contribution in [3.8, 4) is 17.2 Å². The molecule has 1 aromatic heterocycles. The smallest absolute Gasteiger partial charge is 0.254 e. The number of imide groups is 1. The van der Waals surface area contributed by atoms with E-state index in [0.29, 0.717) is 34.4 Å². The van der Waals surface area contributed by atoms with E-state index in [-0.39, 0.29) is 5.91 Å². The zero-order valence-corrected chi connectivity index (χ0v) is 20.5. The van der Waals surface area contributed by atoms with Crippen LogP contribution in [0.2, 0.25) is 0 Å². The molecule has 1 fully saturated rings. The lowest BCUT2D eigenvalue weighted by molar-refractivity contribution is -0.123. The van der Waals surface area contributed by atoms with Gasteiger partial charge in [-0.15, -0.1) is 0 Å². The Morgan fingerprint density at radius 1 is 0.919 bits per heavy atom. The number of aliphatic hydroxyl groups excluding tert-OH is 1. The molecule has 10 nitrogen and oxygen atoms in total. The first-order valence-corrected chi connectivity index (χ1v) is 11.7. The van der Waals surface area contributed by atoms with Gasteiger partial charge in [-0.1, -0.05) is 30.4 Å². The highest BCUT2D eigenvalue weighted by atomic mass is 16.5. The maximum Gasteiger partial charge on any atom is 0.254 e. The molecular formula is C27H27N3O7. The number of benzene rings is 2. The molecule has 37 heavy (non-hydrogen) atoms. The number of nitrogens with one attached hydrogen (secondary N) is 1. The summed E-state index contributed by atoms with van der Waals surface area (Å²) in [5.74, 6) is 0.000136. The predicted octanol–water partition coefficient (Wildman–Crippen LogP) is 3.16. The summed E-state index contributed by atoms with van der Waals surface area (Å²) in [6.45, 7) is 0. The summed E-state index contributed by atoms with van der Waals surface area (Å²) in [5, 5.41) is 12.8. The summed E-state index contributed by atoms with van der Waals surface area (Å²) >= 11 is 0. The van der Waals surface area contributed by atoms with Crippen LogP contribution in [0.5, 0.6) is 17.2 Å². The summed E-state index contributed by atoms with van der Waals surface area (Å²) in [6.07, 6.45) is 3.72. The first kappa shape index (κ1) is 24.4. The molecular weight excluding hydrogens is 478 g/mol. The third-order valence-corrected chi connectivity index (χ3v) is 6.55. The largest absolute Gasteiger partial charge is 0.493 e. The topological polar surface area (TPSA) is 114 Å². The fourth-order valence-corrected chi connectivity index (χ4v) is 4.83. The molecule has 10 heteroatoms. The zero-order chi connectivity index (χ0) is 26.1. The molecule has 1 saturated heterocycles. The van der Waals surface area contributed by atoms with E-state index in [9.17, 15) is 14.7 Å². The van der Waals surface area contributed by atoms with Gasteiger partial charge in [0.15, 0.2) is 11.5 Å². The highest BCUT2D eigenvalue weighted by Gasteiger charge is 2.54. The fraction of sp³-hybridized carbons (Fsp3) is 0.259. The molecule has 3 heterocycles. The van der Waals surface area contributed by atoms with Crippen molar-refractivity contribution in [3.05, 3.63) is 78.8 Å². The fourth-order valence-electron chi connectivity index (χ4n) is 4.83. The maximum atomic E-state index is 13.8. The summed E-state index contributed by atoms with van der Waals surface area (Å²) < 4.78 is 21.8.